The Labute approximate surface area is 64.7 Å². The molecule has 0 spiro atoms. The van der Waals surface area contributed by atoms with Gasteiger partial charge >= 0.3 is 0 Å². The maximum atomic E-state index is 5.44. The van der Waals surface area contributed by atoms with Crippen LogP contribution in [0.25, 0.3) is 0 Å². The first-order valence-electron chi connectivity index (χ1n) is 3.52. The van der Waals surface area contributed by atoms with Gasteiger partial charge in [-0.3, -0.25) is 0 Å². The third-order valence-corrected chi connectivity index (χ3v) is 1.30. The van der Waals surface area contributed by atoms with Gasteiger partial charge in [0, 0.05) is 0 Å². The van der Waals surface area contributed by atoms with E-state index < -0.39 is 0 Å². The van der Waals surface area contributed by atoms with Gasteiger partial charge < -0.3 is 0 Å². The van der Waals surface area contributed by atoms with Crippen LogP contribution in [0, 0.1) is 0 Å². The maximum absolute atomic E-state index is 5.44. The summed E-state index contributed by atoms with van der Waals surface area (Å²) in [6.07, 6.45) is 9.31. The van der Waals surface area contributed by atoms with Gasteiger partial charge in [0.05, 0.1) is 7.85 Å². The van der Waals surface area contributed by atoms with Crippen molar-refractivity contribution in [2.45, 2.75) is 19.7 Å². The van der Waals surface area contributed by atoms with Crippen molar-refractivity contribution in [3.8, 4) is 0 Å². The predicted octanol–water partition coefficient (Wildman–Crippen LogP) is 2.65. The van der Waals surface area contributed by atoms with Crippen LogP contribution in [-0.4, -0.2) is 7.85 Å². The summed E-state index contributed by atoms with van der Waals surface area (Å²) in [7, 11) is 5.44. The number of hydrogen-bond acceptors (Lipinski definition) is 0. The zero-order valence-corrected chi connectivity index (χ0v) is 6.51. The summed E-state index contributed by atoms with van der Waals surface area (Å²) in [5, 5.41) is 0. The largest absolute Gasteiger partial charge is 0.0991 e. The van der Waals surface area contributed by atoms with Crippen molar-refractivity contribution >= 4 is 7.85 Å². The van der Waals surface area contributed by atoms with Gasteiger partial charge in [0.25, 0.3) is 0 Å². The fourth-order valence-electron chi connectivity index (χ4n) is 0.600. The second kappa shape index (κ2) is 6.41. The standard InChI is InChI=1S/C9H13B/c1-3-5-6-7-9(4-2)8-10/h3,5-7H,1,4,8H2,2H3/b6-5-,9-7+. The summed E-state index contributed by atoms with van der Waals surface area (Å²) in [4.78, 5) is 0. The van der Waals surface area contributed by atoms with Crippen LogP contribution in [0.5, 0.6) is 0 Å². The molecule has 1 heteroatoms. The highest BCUT2D eigenvalue weighted by molar-refractivity contribution is 6.10. The van der Waals surface area contributed by atoms with Gasteiger partial charge in [-0.05, 0) is 6.42 Å². The Morgan fingerprint density at radius 2 is 2.20 bits per heavy atom. The van der Waals surface area contributed by atoms with Gasteiger partial charge in [-0.2, -0.15) is 0 Å². The van der Waals surface area contributed by atoms with E-state index in [9.17, 15) is 0 Å². The van der Waals surface area contributed by atoms with Crippen molar-refractivity contribution in [2.24, 2.45) is 0 Å². The molecule has 0 unspecified atom stereocenters. The van der Waals surface area contributed by atoms with Gasteiger partial charge in [0.1, 0.15) is 0 Å². The Kier molecular flexibility index (Phi) is 5.95. The summed E-state index contributed by atoms with van der Waals surface area (Å²) in [5.74, 6) is 0. The Morgan fingerprint density at radius 1 is 1.50 bits per heavy atom. The third-order valence-electron chi connectivity index (χ3n) is 1.30. The molecular formula is C9H13B. The Hall–Kier alpha value is -0.715. The third kappa shape index (κ3) is 4.19. The van der Waals surface area contributed by atoms with E-state index in [1.165, 1.54) is 5.57 Å². The van der Waals surface area contributed by atoms with Crippen LogP contribution in [0.1, 0.15) is 13.3 Å². The van der Waals surface area contributed by atoms with Gasteiger partial charge in [-0.25, -0.2) is 0 Å². The van der Waals surface area contributed by atoms with E-state index >= 15 is 0 Å². The quantitative estimate of drug-likeness (QED) is 0.407. The van der Waals surface area contributed by atoms with Gasteiger partial charge in [-0.15, -0.1) is 0 Å². The lowest BCUT2D eigenvalue weighted by Gasteiger charge is -1.94. The Morgan fingerprint density at radius 3 is 2.60 bits per heavy atom. The highest BCUT2D eigenvalue weighted by atomic mass is 13.9. The molecule has 0 nitrogen and oxygen atoms in total. The smallest absolute Gasteiger partial charge is 0.0712 e. The van der Waals surface area contributed by atoms with Crippen LogP contribution in [-0.2, 0) is 0 Å². The number of rotatable bonds is 4. The molecule has 0 fully saturated rings. The minimum absolute atomic E-state index is 0.651. The summed E-state index contributed by atoms with van der Waals surface area (Å²) >= 11 is 0. The van der Waals surface area contributed by atoms with E-state index in [-0.39, 0.29) is 0 Å². The molecule has 0 bridgehead atoms. The number of allylic oxidation sites excluding steroid dienone is 5. The van der Waals surface area contributed by atoms with Crippen LogP contribution >= 0.6 is 0 Å². The van der Waals surface area contributed by atoms with E-state index in [1.54, 1.807) is 6.08 Å². The van der Waals surface area contributed by atoms with E-state index in [1.807, 2.05) is 18.2 Å². The molecule has 0 N–H and O–H groups in total. The summed E-state index contributed by atoms with van der Waals surface area (Å²) < 4.78 is 0. The molecule has 0 amide bonds. The minimum atomic E-state index is 0.651. The topological polar surface area (TPSA) is 0 Å². The summed E-state index contributed by atoms with van der Waals surface area (Å²) in [6, 6.07) is 0. The predicted molar refractivity (Wildman–Crippen MR) is 48.3 cm³/mol. The molecule has 0 aliphatic rings. The Bertz CT molecular complexity index is 137. The summed E-state index contributed by atoms with van der Waals surface area (Å²) in [5.41, 5.74) is 1.26. The SMILES string of the molecule is [B]C/C(=C/C=C\C=C)CC. The molecule has 2 radical (unpaired) electrons. The van der Waals surface area contributed by atoms with Gasteiger partial charge in [-0.1, -0.05) is 49.7 Å². The van der Waals surface area contributed by atoms with Crippen molar-refractivity contribution in [3.63, 3.8) is 0 Å². The van der Waals surface area contributed by atoms with Crippen LogP contribution in [0.3, 0.4) is 0 Å². The average Bonchev–Trinajstić information content (AvgIpc) is 1.99. The van der Waals surface area contributed by atoms with Gasteiger partial charge in [0.2, 0.25) is 0 Å². The molecule has 0 aliphatic heterocycles. The van der Waals surface area contributed by atoms with Crippen molar-refractivity contribution < 1.29 is 0 Å². The Balaban J connectivity index is 3.85. The molecule has 0 heterocycles. The molecule has 0 aromatic carbocycles. The highest BCUT2D eigenvalue weighted by Crippen LogP contribution is 2.03. The fraction of sp³-hybridized carbons (Fsp3) is 0.333. The molecule has 52 valence electrons. The lowest BCUT2D eigenvalue weighted by molar-refractivity contribution is 1.10. The molecule has 0 aromatic heterocycles. The fourth-order valence-corrected chi connectivity index (χ4v) is 0.600. The zero-order chi connectivity index (χ0) is 7.82. The molecule has 0 atom stereocenters. The van der Waals surface area contributed by atoms with Crippen LogP contribution in [0.15, 0.2) is 36.5 Å². The number of hydrogen-bond donors (Lipinski definition) is 0. The van der Waals surface area contributed by atoms with E-state index in [0.717, 1.165) is 6.42 Å². The van der Waals surface area contributed by atoms with Crippen molar-refractivity contribution in [1.82, 2.24) is 0 Å². The molecule has 0 rings (SSSR count). The van der Waals surface area contributed by atoms with Crippen LogP contribution in [0.4, 0.5) is 0 Å². The molecule has 10 heavy (non-hydrogen) atoms. The lowest BCUT2D eigenvalue weighted by atomic mass is 9.95. The van der Waals surface area contributed by atoms with E-state index in [4.69, 9.17) is 7.85 Å². The summed E-state index contributed by atoms with van der Waals surface area (Å²) in [6.45, 7) is 5.66. The minimum Gasteiger partial charge on any atom is -0.0991 e. The highest BCUT2D eigenvalue weighted by Gasteiger charge is 1.83. The zero-order valence-electron chi connectivity index (χ0n) is 6.51. The van der Waals surface area contributed by atoms with E-state index in [2.05, 4.69) is 13.5 Å². The van der Waals surface area contributed by atoms with Crippen molar-refractivity contribution in [2.75, 3.05) is 0 Å². The first-order valence-corrected chi connectivity index (χ1v) is 3.52. The van der Waals surface area contributed by atoms with Crippen LogP contribution in [0.2, 0.25) is 6.32 Å². The normalized spacial score (nSPS) is 12.3. The second-order valence-corrected chi connectivity index (χ2v) is 2.00. The van der Waals surface area contributed by atoms with Crippen molar-refractivity contribution in [1.29, 1.82) is 0 Å². The van der Waals surface area contributed by atoms with Crippen LogP contribution < -0.4 is 0 Å². The first-order chi connectivity index (χ1) is 4.85. The second-order valence-electron chi connectivity index (χ2n) is 2.00. The molecular weight excluding hydrogens is 119 g/mol. The average molecular weight is 132 g/mol. The van der Waals surface area contributed by atoms with E-state index in [0.29, 0.717) is 6.32 Å². The molecule has 0 aromatic rings. The monoisotopic (exact) mass is 132 g/mol. The first kappa shape index (κ1) is 9.28. The van der Waals surface area contributed by atoms with Crippen molar-refractivity contribution in [3.05, 3.63) is 36.5 Å². The maximum Gasteiger partial charge on any atom is 0.0712 e. The molecule has 0 aliphatic carbocycles. The lowest BCUT2D eigenvalue weighted by Crippen LogP contribution is -1.76. The molecule has 0 saturated carbocycles. The van der Waals surface area contributed by atoms with Gasteiger partial charge in [0.15, 0.2) is 0 Å². The molecule has 0 saturated heterocycles.